The van der Waals surface area contributed by atoms with E-state index in [1.165, 1.54) is 12.4 Å². The zero-order chi connectivity index (χ0) is 14.9. The molecule has 0 radical (unpaired) electrons. The lowest BCUT2D eigenvalue weighted by atomic mass is 9.83. The van der Waals surface area contributed by atoms with Gasteiger partial charge in [-0.05, 0) is 12.8 Å². The Morgan fingerprint density at radius 3 is 2.95 bits per heavy atom. The average Bonchev–Trinajstić information content (AvgIpc) is 2.90. The highest BCUT2D eigenvalue weighted by atomic mass is 19.3. The Balaban J connectivity index is 1.76. The minimum Gasteiger partial charge on any atom is -0.384 e. The fraction of sp³-hybridized carbons (Fsp3) is 0.538. The first-order chi connectivity index (χ1) is 10.0. The summed E-state index contributed by atoms with van der Waals surface area (Å²) in [4.78, 5) is 11.9. The lowest BCUT2D eigenvalue weighted by Gasteiger charge is -2.30. The summed E-state index contributed by atoms with van der Waals surface area (Å²) in [6.07, 6.45) is 3.16. The van der Waals surface area contributed by atoms with Gasteiger partial charge in [-0.2, -0.15) is 4.98 Å². The summed E-state index contributed by atoms with van der Waals surface area (Å²) in [6.45, 7) is 0. The average molecular weight is 295 g/mol. The molecule has 6 nitrogen and oxygen atoms in total. The Labute approximate surface area is 119 Å². The first-order valence-electron chi connectivity index (χ1n) is 6.83. The number of hydrogen-bond donors (Lipinski definition) is 1. The van der Waals surface area contributed by atoms with Gasteiger partial charge >= 0.3 is 0 Å². The molecule has 1 fully saturated rings. The number of nitrogens with two attached hydrogens (primary N) is 1. The molecule has 2 aromatic rings. The maximum Gasteiger partial charge on any atom is 0.251 e. The van der Waals surface area contributed by atoms with Crippen molar-refractivity contribution < 1.29 is 13.3 Å². The standard InChI is InChI=1S/C13H15F2N5O/c14-13(15)4-2-1-3-8(13)5-11-19-12(20-21-11)9-6-10(16)18-7-17-9/h6-8H,1-5H2,(H2,16,17,18). The Hall–Kier alpha value is -2.12. The van der Waals surface area contributed by atoms with Crippen LogP contribution in [-0.2, 0) is 6.42 Å². The van der Waals surface area contributed by atoms with Crippen molar-refractivity contribution in [3.63, 3.8) is 0 Å². The van der Waals surface area contributed by atoms with Crippen LogP contribution < -0.4 is 5.73 Å². The largest absolute Gasteiger partial charge is 0.384 e. The van der Waals surface area contributed by atoms with E-state index < -0.39 is 11.8 Å². The molecule has 1 unspecified atom stereocenters. The SMILES string of the molecule is Nc1cc(-c2noc(CC3CCCCC3(F)F)n2)ncn1. The summed E-state index contributed by atoms with van der Waals surface area (Å²) in [5.74, 6) is -2.68. The molecule has 2 heterocycles. The second kappa shape index (κ2) is 5.34. The summed E-state index contributed by atoms with van der Waals surface area (Å²) in [6, 6.07) is 1.50. The van der Waals surface area contributed by atoms with Gasteiger partial charge in [0.2, 0.25) is 11.7 Å². The minimum atomic E-state index is -2.66. The van der Waals surface area contributed by atoms with Crippen LogP contribution in [0.5, 0.6) is 0 Å². The third-order valence-electron chi connectivity index (χ3n) is 3.72. The van der Waals surface area contributed by atoms with Crippen molar-refractivity contribution in [1.82, 2.24) is 20.1 Å². The van der Waals surface area contributed by atoms with E-state index in [-0.39, 0.29) is 30.4 Å². The Morgan fingerprint density at radius 2 is 2.19 bits per heavy atom. The maximum absolute atomic E-state index is 13.8. The predicted octanol–water partition coefficient (Wildman–Crippen LogP) is 2.48. The van der Waals surface area contributed by atoms with E-state index in [1.807, 2.05) is 0 Å². The Kier molecular flexibility index (Phi) is 3.52. The van der Waals surface area contributed by atoms with Crippen LogP contribution in [0, 0.1) is 5.92 Å². The maximum atomic E-state index is 13.8. The van der Waals surface area contributed by atoms with Gasteiger partial charge in [-0.3, -0.25) is 0 Å². The highest BCUT2D eigenvalue weighted by Gasteiger charge is 2.42. The monoisotopic (exact) mass is 295 g/mol. The summed E-state index contributed by atoms with van der Waals surface area (Å²) < 4.78 is 32.7. The van der Waals surface area contributed by atoms with Crippen molar-refractivity contribution in [3.05, 3.63) is 18.3 Å². The van der Waals surface area contributed by atoms with Gasteiger partial charge in [0.1, 0.15) is 17.8 Å². The summed E-state index contributed by atoms with van der Waals surface area (Å²) >= 11 is 0. The van der Waals surface area contributed by atoms with Crippen molar-refractivity contribution in [2.75, 3.05) is 5.73 Å². The molecule has 2 aromatic heterocycles. The van der Waals surface area contributed by atoms with Crippen molar-refractivity contribution in [2.24, 2.45) is 5.92 Å². The van der Waals surface area contributed by atoms with Gasteiger partial charge in [-0.25, -0.2) is 18.7 Å². The van der Waals surface area contributed by atoms with E-state index in [0.29, 0.717) is 18.5 Å². The van der Waals surface area contributed by atoms with E-state index in [2.05, 4.69) is 20.1 Å². The van der Waals surface area contributed by atoms with E-state index in [0.717, 1.165) is 6.42 Å². The molecular weight excluding hydrogens is 280 g/mol. The molecule has 0 bridgehead atoms. The number of nitrogens with zero attached hydrogens (tertiary/aromatic N) is 4. The van der Waals surface area contributed by atoms with Crippen LogP contribution in [0.2, 0.25) is 0 Å². The minimum absolute atomic E-state index is 0.0683. The van der Waals surface area contributed by atoms with Gasteiger partial charge in [-0.15, -0.1) is 0 Å². The Bertz CT molecular complexity index is 631. The fourth-order valence-corrected chi connectivity index (χ4v) is 2.57. The molecule has 2 N–H and O–H groups in total. The molecule has 0 amide bonds. The van der Waals surface area contributed by atoms with Crippen LogP contribution in [0.15, 0.2) is 16.9 Å². The smallest absolute Gasteiger partial charge is 0.251 e. The topological polar surface area (TPSA) is 90.7 Å². The van der Waals surface area contributed by atoms with E-state index in [9.17, 15) is 8.78 Å². The summed E-state index contributed by atoms with van der Waals surface area (Å²) in [5.41, 5.74) is 5.96. The molecule has 1 atom stereocenters. The van der Waals surface area contributed by atoms with Gasteiger partial charge in [0.25, 0.3) is 5.92 Å². The first-order valence-corrected chi connectivity index (χ1v) is 6.83. The molecule has 112 valence electrons. The van der Waals surface area contributed by atoms with Gasteiger partial charge in [0, 0.05) is 24.8 Å². The quantitative estimate of drug-likeness (QED) is 0.935. The summed E-state index contributed by atoms with van der Waals surface area (Å²) in [7, 11) is 0. The summed E-state index contributed by atoms with van der Waals surface area (Å²) in [5, 5.41) is 3.76. The fourth-order valence-electron chi connectivity index (χ4n) is 2.57. The molecule has 8 heteroatoms. The molecule has 1 aliphatic carbocycles. The van der Waals surface area contributed by atoms with Crippen molar-refractivity contribution in [2.45, 2.75) is 38.0 Å². The second-order valence-corrected chi connectivity index (χ2v) is 5.25. The number of hydrogen-bond acceptors (Lipinski definition) is 6. The zero-order valence-electron chi connectivity index (χ0n) is 11.3. The number of anilines is 1. The van der Waals surface area contributed by atoms with Crippen LogP contribution in [0.25, 0.3) is 11.5 Å². The molecular formula is C13H15F2N5O. The van der Waals surface area contributed by atoms with E-state index in [4.69, 9.17) is 10.3 Å². The van der Waals surface area contributed by atoms with Crippen LogP contribution in [0.4, 0.5) is 14.6 Å². The molecule has 0 saturated heterocycles. The van der Waals surface area contributed by atoms with Crippen molar-refractivity contribution in [3.8, 4) is 11.5 Å². The first kappa shape index (κ1) is 13.8. The third kappa shape index (κ3) is 2.98. The van der Waals surface area contributed by atoms with E-state index in [1.54, 1.807) is 0 Å². The lowest BCUT2D eigenvalue weighted by Crippen LogP contribution is -2.33. The number of aromatic nitrogens is 4. The number of halogens is 2. The molecule has 1 aliphatic rings. The third-order valence-corrected chi connectivity index (χ3v) is 3.72. The normalized spacial score (nSPS) is 21.3. The van der Waals surface area contributed by atoms with Crippen LogP contribution in [0.1, 0.15) is 31.6 Å². The molecule has 0 aromatic carbocycles. The van der Waals surface area contributed by atoms with Gasteiger partial charge in [0.05, 0.1) is 0 Å². The highest BCUT2D eigenvalue weighted by molar-refractivity contribution is 5.52. The van der Waals surface area contributed by atoms with Gasteiger partial charge < -0.3 is 10.3 Å². The van der Waals surface area contributed by atoms with Crippen molar-refractivity contribution in [1.29, 1.82) is 0 Å². The zero-order valence-corrected chi connectivity index (χ0v) is 11.3. The second-order valence-electron chi connectivity index (χ2n) is 5.25. The van der Waals surface area contributed by atoms with Crippen LogP contribution >= 0.6 is 0 Å². The van der Waals surface area contributed by atoms with Gasteiger partial charge in [0.15, 0.2) is 0 Å². The number of nitrogen functional groups attached to an aromatic ring is 1. The van der Waals surface area contributed by atoms with Crippen LogP contribution in [-0.4, -0.2) is 26.0 Å². The number of alkyl halides is 2. The van der Waals surface area contributed by atoms with E-state index >= 15 is 0 Å². The molecule has 0 aliphatic heterocycles. The van der Waals surface area contributed by atoms with Crippen LogP contribution in [0.3, 0.4) is 0 Å². The molecule has 3 rings (SSSR count). The highest BCUT2D eigenvalue weighted by Crippen LogP contribution is 2.40. The molecule has 0 spiro atoms. The predicted molar refractivity (Wildman–Crippen MR) is 70.3 cm³/mol. The molecule has 21 heavy (non-hydrogen) atoms. The number of rotatable bonds is 3. The Morgan fingerprint density at radius 1 is 1.33 bits per heavy atom. The molecule has 1 saturated carbocycles. The van der Waals surface area contributed by atoms with Crippen molar-refractivity contribution >= 4 is 5.82 Å². The lowest BCUT2D eigenvalue weighted by molar-refractivity contribution is -0.0871. The van der Waals surface area contributed by atoms with Gasteiger partial charge in [-0.1, -0.05) is 11.6 Å².